The average Bonchev–Trinajstić information content (AvgIpc) is 3.31. The normalized spacial score (nSPS) is 29.9. The molecule has 0 unspecified atom stereocenters. The second-order valence-corrected chi connectivity index (χ2v) is 13.1. The van der Waals surface area contributed by atoms with Gasteiger partial charge in [-0.15, -0.1) is 21.5 Å². The molecule has 3 aromatic rings. The van der Waals surface area contributed by atoms with Crippen molar-refractivity contribution in [3.05, 3.63) is 31.6 Å². The van der Waals surface area contributed by atoms with E-state index in [4.69, 9.17) is 4.98 Å². The van der Waals surface area contributed by atoms with Crippen molar-refractivity contribution in [1.29, 1.82) is 0 Å². The van der Waals surface area contributed by atoms with Crippen LogP contribution in [0, 0.1) is 24.7 Å². The number of carbonyl (C=O) groups excluding carboxylic acids is 1. The van der Waals surface area contributed by atoms with E-state index in [1.54, 1.807) is 11.3 Å². The Bertz CT molecular complexity index is 1330. The van der Waals surface area contributed by atoms with Gasteiger partial charge in [0, 0.05) is 18.4 Å². The minimum Gasteiger partial charge on any atom is -0.296 e. The molecule has 4 aliphatic carbocycles. The van der Waals surface area contributed by atoms with E-state index >= 15 is 0 Å². The number of hydrogen-bond donors (Lipinski definition) is 1. The van der Waals surface area contributed by atoms with Crippen LogP contribution in [0.25, 0.3) is 10.2 Å². The molecule has 0 atom stereocenters. The van der Waals surface area contributed by atoms with Crippen LogP contribution in [0.1, 0.15) is 83.9 Å². The monoisotopic (exact) mass is 495 g/mol. The molecule has 1 amide bonds. The highest BCUT2D eigenvalue weighted by Crippen LogP contribution is 2.61. The number of aryl methyl sites for hydroxylation is 2. The van der Waals surface area contributed by atoms with Crippen LogP contribution < -0.4 is 10.9 Å². The van der Waals surface area contributed by atoms with Crippen LogP contribution in [0.4, 0.5) is 5.13 Å². The maximum absolute atomic E-state index is 13.3. The summed E-state index contributed by atoms with van der Waals surface area (Å²) in [6.07, 6.45) is 11.9. The zero-order valence-corrected chi connectivity index (χ0v) is 21.1. The van der Waals surface area contributed by atoms with Gasteiger partial charge in [0.2, 0.25) is 5.13 Å². The standard InChI is InChI=1S/C25H29N5O2S2/c1-13-18-21(26-17-5-3-2-4-6-30(17)22(18)32)33-19(13)20(31)27-24-29-28-23(34-24)25-10-14-7-15(11-25)9-16(8-14)12-25/h14-16H,2-12H2,1H3,(H,27,29,31). The molecule has 4 bridgehead atoms. The van der Waals surface area contributed by atoms with Gasteiger partial charge in [0.15, 0.2) is 0 Å². The van der Waals surface area contributed by atoms with Crippen molar-refractivity contribution >= 4 is 43.9 Å². The maximum atomic E-state index is 13.3. The van der Waals surface area contributed by atoms with E-state index in [9.17, 15) is 9.59 Å². The first-order chi connectivity index (χ1) is 16.5. The number of aromatic nitrogens is 4. The number of amides is 1. The van der Waals surface area contributed by atoms with E-state index in [1.165, 1.54) is 49.9 Å². The molecule has 0 aromatic carbocycles. The third-order valence-electron chi connectivity index (χ3n) is 8.76. The Morgan fingerprint density at radius 1 is 1.03 bits per heavy atom. The number of hydrogen-bond acceptors (Lipinski definition) is 7. The molecule has 8 rings (SSSR count). The summed E-state index contributed by atoms with van der Waals surface area (Å²) in [5.41, 5.74) is 0.898. The van der Waals surface area contributed by atoms with Crippen molar-refractivity contribution in [2.75, 3.05) is 5.32 Å². The predicted molar refractivity (Wildman–Crippen MR) is 134 cm³/mol. The molecule has 0 radical (unpaired) electrons. The van der Waals surface area contributed by atoms with Gasteiger partial charge in [-0.25, -0.2) is 4.98 Å². The summed E-state index contributed by atoms with van der Waals surface area (Å²) in [6.45, 7) is 2.58. The van der Waals surface area contributed by atoms with Gasteiger partial charge in [-0.1, -0.05) is 17.8 Å². The SMILES string of the molecule is Cc1c(C(=O)Nc2nnc(C34CC5CC(CC(C5)C3)C4)s2)sc2nc3n(c(=O)c12)CCCCC3. The quantitative estimate of drug-likeness (QED) is 0.548. The van der Waals surface area contributed by atoms with Gasteiger partial charge in [-0.2, -0.15) is 0 Å². The first kappa shape index (κ1) is 21.2. The fraction of sp³-hybridized carbons (Fsp3) is 0.640. The third-order valence-corrected chi connectivity index (χ3v) is 11.0. The lowest BCUT2D eigenvalue weighted by Gasteiger charge is -2.55. The van der Waals surface area contributed by atoms with E-state index in [-0.39, 0.29) is 16.9 Å². The van der Waals surface area contributed by atoms with Crippen LogP contribution in [0.15, 0.2) is 4.79 Å². The summed E-state index contributed by atoms with van der Waals surface area (Å²) in [5, 5.41) is 14.2. The molecule has 3 aromatic heterocycles. The second kappa shape index (κ2) is 7.68. The molecule has 178 valence electrons. The molecule has 34 heavy (non-hydrogen) atoms. The Balaban J connectivity index is 1.17. The van der Waals surface area contributed by atoms with Crippen molar-refractivity contribution in [2.24, 2.45) is 17.8 Å². The smallest absolute Gasteiger partial charge is 0.267 e. The van der Waals surface area contributed by atoms with Gasteiger partial charge in [0.1, 0.15) is 15.7 Å². The highest BCUT2D eigenvalue weighted by atomic mass is 32.1. The Morgan fingerprint density at radius 3 is 2.50 bits per heavy atom. The van der Waals surface area contributed by atoms with Gasteiger partial charge in [-0.3, -0.25) is 19.5 Å². The highest BCUT2D eigenvalue weighted by Gasteiger charge is 2.53. The fourth-order valence-electron chi connectivity index (χ4n) is 7.64. The minimum atomic E-state index is -0.215. The highest BCUT2D eigenvalue weighted by molar-refractivity contribution is 7.21. The zero-order chi connectivity index (χ0) is 23.0. The lowest BCUT2D eigenvalue weighted by molar-refractivity contribution is -0.00555. The summed E-state index contributed by atoms with van der Waals surface area (Å²) in [5.74, 6) is 3.17. The summed E-state index contributed by atoms with van der Waals surface area (Å²) in [4.78, 5) is 32.5. The largest absolute Gasteiger partial charge is 0.296 e. The number of carbonyl (C=O) groups is 1. The first-order valence-electron chi connectivity index (χ1n) is 12.7. The van der Waals surface area contributed by atoms with Gasteiger partial charge in [0.25, 0.3) is 11.5 Å². The van der Waals surface area contributed by atoms with Crippen molar-refractivity contribution in [2.45, 2.75) is 83.1 Å². The van der Waals surface area contributed by atoms with Crippen molar-refractivity contribution in [1.82, 2.24) is 19.7 Å². The van der Waals surface area contributed by atoms with Crippen LogP contribution in [-0.4, -0.2) is 25.7 Å². The van der Waals surface area contributed by atoms with E-state index in [2.05, 4.69) is 15.5 Å². The van der Waals surface area contributed by atoms with Gasteiger partial charge >= 0.3 is 0 Å². The van der Waals surface area contributed by atoms with Crippen LogP contribution in [0.2, 0.25) is 0 Å². The molecule has 7 nitrogen and oxygen atoms in total. The molecule has 0 spiro atoms. The van der Waals surface area contributed by atoms with Crippen molar-refractivity contribution in [3.8, 4) is 0 Å². The summed E-state index contributed by atoms with van der Waals surface area (Å²) in [6, 6.07) is 0. The van der Waals surface area contributed by atoms with Crippen LogP contribution in [0.3, 0.4) is 0 Å². The van der Waals surface area contributed by atoms with Crippen LogP contribution >= 0.6 is 22.7 Å². The lowest BCUT2D eigenvalue weighted by Crippen LogP contribution is -2.48. The topological polar surface area (TPSA) is 89.8 Å². The molecular formula is C25H29N5O2S2. The van der Waals surface area contributed by atoms with E-state index in [1.807, 2.05) is 11.5 Å². The molecule has 9 heteroatoms. The molecule has 0 saturated heterocycles. The molecule has 1 N–H and O–H groups in total. The van der Waals surface area contributed by atoms with Gasteiger partial charge in [0.05, 0.1) is 10.3 Å². The number of thiophene rings is 1. The Labute approximate surface area is 206 Å². The maximum Gasteiger partial charge on any atom is 0.267 e. The summed E-state index contributed by atoms with van der Waals surface area (Å²) < 4.78 is 1.82. The summed E-state index contributed by atoms with van der Waals surface area (Å²) in [7, 11) is 0. The van der Waals surface area contributed by atoms with E-state index in [0.29, 0.717) is 26.8 Å². The molecular weight excluding hydrogens is 466 g/mol. The van der Waals surface area contributed by atoms with Crippen molar-refractivity contribution in [3.63, 3.8) is 0 Å². The number of anilines is 1. The Morgan fingerprint density at radius 2 is 1.76 bits per heavy atom. The molecule has 5 aliphatic rings. The van der Waals surface area contributed by atoms with Gasteiger partial charge < -0.3 is 0 Å². The number of nitrogens with zero attached hydrogens (tertiary/aromatic N) is 4. The van der Waals surface area contributed by atoms with Gasteiger partial charge in [-0.05, 0) is 81.6 Å². The third kappa shape index (κ3) is 3.22. The molecule has 1 aliphatic heterocycles. The average molecular weight is 496 g/mol. The fourth-order valence-corrected chi connectivity index (χ4v) is 9.68. The Hall–Kier alpha value is -2.13. The Kier molecular flexibility index (Phi) is 4.79. The molecule has 4 fully saturated rings. The minimum absolute atomic E-state index is 0.00489. The first-order valence-corrected chi connectivity index (χ1v) is 14.3. The van der Waals surface area contributed by atoms with E-state index < -0.39 is 0 Å². The molecule has 4 saturated carbocycles. The lowest BCUT2D eigenvalue weighted by atomic mass is 9.50. The van der Waals surface area contributed by atoms with Crippen LogP contribution in [-0.2, 0) is 18.4 Å². The summed E-state index contributed by atoms with van der Waals surface area (Å²) >= 11 is 2.87. The second-order valence-electron chi connectivity index (χ2n) is 11.1. The molecule has 4 heterocycles. The van der Waals surface area contributed by atoms with Crippen LogP contribution in [0.5, 0.6) is 0 Å². The number of rotatable bonds is 3. The number of fused-ring (bicyclic) bond motifs is 2. The number of nitrogens with one attached hydrogen (secondary N) is 1. The van der Waals surface area contributed by atoms with Crippen molar-refractivity contribution < 1.29 is 4.79 Å². The predicted octanol–water partition coefficient (Wildman–Crippen LogP) is 5.06. The van der Waals surface area contributed by atoms with E-state index in [0.717, 1.165) is 59.8 Å². The zero-order valence-electron chi connectivity index (χ0n) is 19.4.